The summed E-state index contributed by atoms with van der Waals surface area (Å²) >= 11 is 5.18. The number of carbonyl (C=O) groups excluding carboxylic acids is 1. The van der Waals surface area contributed by atoms with Crippen LogP contribution in [0.25, 0.3) is 0 Å². The molecule has 2 N–H and O–H groups in total. The molecule has 4 nitrogen and oxygen atoms in total. The van der Waals surface area contributed by atoms with E-state index in [0.29, 0.717) is 23.3 Å². The minimum absolute atomic E-state index is 0.0282. The van der Waals surface area contributed by atoms with Crippen molar-refractivity contribution >= 4 is 18.1 Å². The molecule has 1 fully saturated rings. The number of hydrogen-bond donors (Lipinski definition) is 2. The van der Waals surface area contributed by atoms with Gasteiger partial charge >= 0.3 is 0 Å². The van der Waals surface area contributed by atoms with E-state index in [-0.39, 0.29) is 11.8 Å². The van der Waals surface area contributed by atoms with Crippen LogP contribution in [-0.2, 0) is 0 Å². The van der Waals surface area contributed by atoms with E-state index in [2.05, 4.69) is 4.98 Å². The average molecular weight is 328 g/mol. The van der Waals surface area contributed by atoms with Crippen LogP contribution in [0, 0.1) is 10.6 Å². The van der Waals surface area contributed by atoms with Crippen molar-refractivity contribution in [2.45, 2.75) is 18.9 Å². The van der Waals surface area contributed by atoms with Gasteiger partial charge in [-0.15, -0.1) is 0 Å². The van der Waals surface area contributed by atoms with Crippen molar-refractivity contribution in [3.63, 3.8) is 0 Å². The van der Waals surface area contributed by atoms with Crippen molar-refractivity contribution in [2.24, 2.45) is 5.92 Å². The summed E-state index contributed by atoms with van der Waals surface area (Å²) in [6, 6.07) is 13.3. The average Bonchev–Trinajstić information content (AvgIpc) is 2.62. The van der Waals surface area contributed by atoms with Gasteiger partial charge < -0.3 is 15.0 Å². The Kier molecular flexibility index (Phi) is 4.88. The van der Waals surface area contributed by atoms with Gasteiger partial charge in [-0.2, -0.15) is 0 Å². The molecule has 3 rings (SSSR count). The van der Waals surface area contributed by atoms with Crippen LogP contribution in [0.3, 0.4) is 0 Å². The van der Waals surface area contributed by atoms with E-state index in [9.17, 15) is 9.90 Å². The van der Waals surface area contributed by atoms with Crippen LogP contribution in [0.5, 0.6) is 0 Å². The van der Waals surface area contributed by atoms with Crippen LogP contribution in [0.1, 0.15) is 34.9 Å². The molecule has 0 saturated carbocycles. The molecule has 1 saturated heterocycles. The smallest absolute Gasteiger partial charge is 0.256 e. The highest BCUT2D eigenvalue weighted by molar-refractivity contribution is 7.71. The highest BCUT2D eigenvalue weighted by atomic mass is 32.1. The summed E-state index contributed by atoms with van der Waals surface area (Å²) in [7, 11) is 0. The lowest BCUT2D eigenvalue weighted by atomic mass is 9.87. The van der Waals surface area contributed by atoms with Gasteiger partial charge in [0.1, 0.15) is 4.64 Å². The first kappa shape index (κ1) is 15.9. The molecule has 1 aliphatic rings. The molecule has 2 aromatic rings. The predicted octanol–water partition coefficient (Wildman–Crippen LogP) is 3.33. The fourth-order valence-electron chi connectivity index (χ4n) is 3.10. The van der Waals surface area contributed by atoms with Crippen LogP contribution in [-0.4, -0.2) is 34.0 Å². The van der Waals surface area contributed by atoms with E-state index in [1.807, 2.05) is 35.2 Å². The summed E-state index contributed by atoms with van der Waals surface area (Å²) < 4.78 is 0.476. The molecule has 120 valence electrons. The molecule has 0 bridgehead atoms. The summed E-state index contributed by atoms with van der Waals surface area (Å²) in [5.41, 5.74) is 1.49. The van der Waals surface area contributed by atoms with Gasteiger partial charge in [-0.3, -0.25) is 4.79 Å². The summed E-state index contributed by atoms with van der Waals surface area (Å²) in [5.74, 6) is 0.159. The third-order valence-electron chi connectivity index (χ3n) is 4.46. The molecule has 1 unspecified atom stereocenters. The molecule has 0 aliphatic carbocycles. The van der Waals surface area contributed by atoms with E-state index in [1.165, 1.54) is 0 Å². The first-order chi connectivity index (χ1) is 11.2. The Bertz CT molecular complexity index is 721. The fourth-order valence-corrected chi connectivity index (χ4v) is 3.32. The van der Waals surface area contributed by atoms with Crippen LogP contribution in [0.15, 0.2) is 48.7 Å². The number of aliphatic hydroxyl groups is 1. The maximum Gasteiger partial charge on any atom is 0.256 e. The number of aliphatic hydroxyl groups excluding tert-OH is 1. The lowest BCUT2D eigenvalue weighted by Gasteiger charge is -2.34. The van der Waals surface area contributed by atoms with E-state index >= 15 is 0 Å². The maximum absolute atomic E-state index is 12.5. The number of aromatic amines is 1. The third kappa shape index (κ3) is 3.51. The second-order valence-corrected chi connectivity index (χ2v) is 6.31. The second-order valence-electron chi connectivity index (χ2n) is 5.90. The first-order valence-corrected chi connectivity index (χ1v) is 8.27. The summed E-state index contributed by atoms with van der Waals surface area (Å²) in [6.07, 6.45) is 2.85. The molecule has 1 atom stereocenters. The van der Waals surface area contributed by atoms with Gasteiger partial charge in [0.25, 0.3) is 5.91 Å². The minimum Gasteiger partial charge on any atom is -0.388 e. The molecule has 5 heteroatoms. The number of piperidine rings is 1. The van der Waals surface area contributed by atoms with Gasteiger partial charge in [0.2, 0.25) is 0 Å². The van der Waals surface area contributed by atoms with Gasteiger partial charge in [-0.05, 0) is 36.5 Å². The lowest BCUT2D eigenvalue weighted by molar-refractivity contribution is 0.0461. The molecule has 23 heavy (non-hydrogen) atoms. The second kappa shape index (κ2) is 7.06. The number of benzene rings is 1. The van der Waals surface area contributed by atoms with Crippen molar-refractivity contribution in [3.05, 3.63) is 64.4 Å². The summed E-state index contributed by atoms with van der Waals surface area (Å²) in [4.78, 5) is 17.3. The van der Waals surface area contributed by atoms with Crippen LogP contribution in [0.2, 0.25) is 0 Å². The van der Waals surface area contributed by atoms with Crippen LogP contribution < -0.4 is 0 Å². The van der Waals surface area contributed by atoms with Gasteiger partial charge in [0, 0.05) is 19.3 Å². The monoisotopic (exact) mass is 328 g/mol. The molecule has 2 heterocycles. The van der Waals surface area contributed by atoms with Crippen molar-refractivity contribution < 1.29 is 9.90 Å². The Morgan fingerprint density at radius 2 is 1.87 bits per heavy atom. The Balaban J connectivity index is 1.64. The highest BCUT2D eigenvalue weighted by Gasteiger charge is 2.28. The Morgan fingerprint density at radius 1 is 1.17 bits per heavy atom. The lowest BCUT2D eigenvalue weighted by Crippen LogP contribution is -2.40. The molecule has 1 aromatic carbocycles. The summed E-state index contributed by atoms with van der Waals surface area (Å²) in [5, 5.41) is 10.5. The zero-order valence-electron chi connectivity index (χ0n) is 12.8. The predicted molar refractivity (Wildman–Crippen MR) is 91.7 cm³/mol. The first-order valence-electron chi connectivity index (χ1n) is 7.87. The van der Waals surface area contributed by atoms with Gasteiger partial charge in [0.15, 0.2) is 0 Å². The van der Waals surface area contributed by atoms with Gasteiger partial charge in [-0.1, -0.05) is 42.5 Å². The normalized spacial score (nSPS) is 17.0. The van der Waals surface area contributed by atoms with E-state index < -0.39 is 6.10 Å². The number of likely N-dealkylation sites (tertiary alicyclic amines) is 1. The molecule has 0 radical (unpaired) electrons. The molecule has 0 spiro atoms. The quantitative estimate of drug-likeness (QED) is 0.850. The highest BCUT2D eigenvalue weighted by Crippen LogP contribution is 2.31. The third-order valence-corrected chi connectivity index (χ3v) is 4.80. The zero-order chi connectivity index (χ0) is 16.2. The zero-order valence-corrected chi connectivity index (χ0v) is 13.6. The number of rotatable bonds is 3. The molecular formula is C18H20N2O2S. The topological polar surface area (TPSA) is 56.3 Å². The van der Waals surface area contributed by atoms with E-state index in [1.54, 1.807) is 18.3 Å². The maximum atomic E-state index is 12.5. The van der Waals surface area contributed by atoms with Crippen molar-refractivity contribution in [3.8, 4) is 0 Å². The Hall–Kier alpha value is -1.98. The summed E-state index contributed by atoms with van der Waals surface area (Å²) in [6.45, 7) is 1.30. The number of amides is 1. The number of H-pyrrole nitrogens is 1. The molecule has 1 aromatic heterocycles. The molecular weight excluding hydrogens is 308 g/mol. The van der Waals surface area contributed by atoms with E-state index in [0.717, 1.165) is 18.4 Å². The number of carbonyl (C=O) groups is 1. The number of pyridine rings is 1. The van der Waals surface area contributed by atoms with Crippen LogP contribution in [0.4, 0.5) is 0 Å². The van der Waals surface area contributed by atoms with Crippen LogP contribution >= 0.6 is 12.2 Å². The minimum atomic E-state index is -0.465. The Labute approximate surface area is 140 Å². The number of nitrogens with one attached hydrogen (secondary N) is 1. The number of nitrogens with zero attached hydrogens (tertiary/aromatic N) is 1. The Morgan fingerprint density at radius 3 is 2.52 bits per heavy atom. The molecule has 1 aliphatic heterocycles. The fraction of sp³-hybridized carbons (Fsp3) is 0.333. The standard InChI is InChI=1S/C18H20N2O2S/c21-16(13-5-2-1-3-6-13)14-8-11-20(12-9-14)18(22)15-7-4-10-19-17(15)23/h1-7,10,14,16,21H,8-9,11-12H2,(H,19,23). The van der Waals surface area contributed by atoms with E-state index in [4.69, 9.17) is 12.2 Å². The molecule has 1 amide bonds. The van der Waals surface area contributed by atoms with Crippen molar-refractivity contribution in [2.75, 3.05) is 13.1 Å². The van der Waals surface area contributed by atoms with Crippen molar-refractivity contribution in [1.29, 1.82) is 0 Å². The largest absolute Gasteiger partial charge is 0.388 e. The number of aromatic nitrogens is 1. The number of hydrogen-bond acceptors (Lipinski definition) is 3. The SMILES string of the molecule is O=C(c1ccc[nH]c1=S)N1CCC(C(O)c2ccccc2)CC1. The van der Waals surface area contributed by atoms with Gasteiger partial charge in [-0.25, -0.2) is 0 Å². The van der Waals surface area contributed by atoms with Crippen molar-refractivity contribution in [1.82, 2.24) is 9.88 Å². The van der Waals surface area contributed by atoms with Gasteiger partial charge in [0.05, 0.1) is 11.7 Å².